The van der Waals surface area contributed by atoms with E-state index in [4.69, 9.17) is 9.47 Å². The first-order valence-electron chi connectivity index (χ1n) is 4.73. The van der Waals surface area contributed by atoms with Crippen molar-refractivity contribution in [2.45, 2.75) is 0 Å². The molecule has 15 heavy (non-hydrogen) atoms. The normalized spacial score (nSPS) is 13.5. The zero-order valence-corrected chi connectivity index (χ0v) is 9.30. The Bertz CT molecular complexity index is 376. The van der Waals surface area contributed by atoms with E-state index in [1.165, 1.54) is 0 Å². The Kier molecular flexibility index (Phi) is 3.16. The lowest BCUT2D eigenvalue weighted by Crippen LogP contribution is -1.99. The maximum Gasteiger partial charge on any atom is 0.203 e. The van der Waals surface area contributed by atoms with Gasteiger partial charge in [0.05, 0.1) is 12.2 Å². The molecule has 0 N–H and O–H groups in total. The van der Waals surface area contributed by atoms with Crippen molar-refractivity contribution in [1.29, 1.82) is 0 Å². The van der Waals surface area contributed by atoms with Crippen LogP contribution in [0.25, 0.3) is 0 Å². The molecule has 0 saturated heterocycles. The van der Waals surface area contributed by atoms with Crippen molar-refractivity contribution in [3.63, 3.8) is 0 Å². The van der Waals surface area contributed by atoms with E-state index < -0.39 is 0 Å². The minimum Gasteiger partial charge on any atom is -0.493 e. The predicted molar refractivity (Wildman–Crippen MR) is 60.1 cm³/mol. The van der Waals surface area contributed by atoms with Gasteiger partial charge in [-0.15, -0.1) is 0 Å². The molecule has 1 aliphatic heterocycles. The highest BCUT2D eigenvalue weighted by Gasteiger charge is 2.21. The van der Waals surface area contributed by atoms with E-state index in [2.05, 4.69) is 0 Å². The zero-order valence-electron chi connectivity index (χ0n) is 8.49. The molecule has 0 unspecified atom stereocenters. The second-order valence-corrected chi connectivity index (χ2v) is 4.20. The Labute approximate surface area is 92.8 Å². The van der Waals surface area contributed by atoms with Crippen LogP contribution in [0.3, 0.4) is 0 Å². The number of ketones is 1. The van der Waals surface area contributed by atoms with Gasteiger partial charge >= 0.3 is 0 Å². The van der Waals surface area contributed by atoms with E-state index in [9.17, 15) is 4.79 Å². The summed E-state index contributed by atoms with van der Waals surface area (Å²) in [5.41, 5.74) is 0.659. The monoisotopic (exact) mass is 224 g/mol. The van der Waals surface area contributed by atoms with Crippen molar-refractivity contribution in [1.82, 2.24) is 0 Å². The first-order valence-corrected chi connectivity index (χ1v) is 6.12. The molecule has 0 atom stereocenters. The summed E-state index contributed by atoms with van der Waals surface area (Å²) in [6.45, 7) is 0.831. The molecule has 0 fully saturated rings. The molecule has 0 saturated carbocycles. The number of hydrogen-bond acceptors (Lipinski definition) is 4. The molecule has 1 aromatic carbocycles. The molecule has 80 valence electrons. The minimum atomic E-state index is 0.0423. The number of benzene rings is 1. The van der Waals surface area contributed by atoms with Gasteiger partial charge in [0.2, 0.25) is 5.78 Å². The van der Waals surface area contributed by atoms with Crippen molar-refractivity contribution in [3.05, 3.63) is 23.8 Å². The van der Waals surface area contributed by atoms with Crippen LogP contribution in [-0.4, -0.2) is 31.0 Å². The molecule has 0 amide bonds. The number of fused-ring (bicyclic) bond motifs is 1. The number of thioether (sulfide) groups is 1. The van der Waals surface area contributed by atoms with Crippen molar-refractivity contribution in [3.8, 4) is 11.5 Å². The van der Waals surface area contributed by atoms with Crippen molar-refractivity contribution < 1.29 is 14.3 Å². The summed E-state index contributed by atoms with van der Waals surface area (Å²) >= 11 is 1.74. The van der Waals surface area contributed by atoms with Crippen molar-refractivity contribution in [2.24, 2.45) is 0 Å². The fourth-order valence-electron chi connectivity index (χ4n) is 1.41. The SMILES string of the molecule is CSCCOc1ccc2c(c1)OCC2=O. The molecule has 0 radical (unpaired) electrons. The lowest BCUT2D eigenvalue weighted by Gasteiger charge is -2.05. The third-order valence-electron chi connectivity index (χ3n) is 2.17. The number of ether oxygens (including phenoxy) is 2. The van der Waals surface area contributed by atoms with Crippen LogP contribution in [0.5, 0.6) is 11.5 Å². The molecule has 1 aliphatic rings. The largest absolute Gasteiger partial charge is 0.493 e. The Morgan fingerprint density at radius 3 is 3.20 bits per heavy atom. The lowest BCUT2D eigenvalue weighted by molar-refractivity contribution is 0.0961. The zero-order chi connectivity index (χ0) is 10.7. The van der Waals surface area contributed by atoms with E-state index in [-0.39, 0.29) is 12.4 Å². The van der Waals surface area contributed by atoms with Crippen molar-refractivity contribution >= 4 is 17.5 Å². The number of carbonyl (C=O) groups is 1. The van der Waals surface area contributed by atoms with Gasteiger partial charge in [0.15, 0.2) is 6.61 Å². The van der Waals surface area contributed by atoms with Crippen LogP contribution in [0, 0.1) is 0 Å². The van der Waals surface area contributed by atoms with Gasteiger partial charge in [0.25, 0.3) is 0 Å². The summed E-state index contributed by atoms with van der Waals surface area (Å²) in [6, 6.07) is 5.35. The summed E-state index contributed by atoms with van der Waals surface area (Å²) in [5, 5.41) is 0. The van der Waals surface area contributed by atoms with Gasteiger partial charge in [-0.05, 0) is 18.4 Å². The Morgan fingerprint density at radius 2 is 2.40 bits per heavy atom. The van der Waals surface area contributed by atoms with E-state index in [0.29, 0.717) is 17.9 Å². The lowest BCUT2D eigenvalue weighted by atomic mass is 10.1. The molecule has 3 nitrogen and oxygen atoms in total. The van der Waals surface area contributed by atoms with Gasteiger partial charge in [-0.25, -0.2) is 0 Å². The molecule has 2 rings (SSSR count). The van der Waals surface area contributed by atoms with E-state index in [1.54, 1.807) is 23.9 Å². The highest BCUT2D eigenvalue weighted by molar-refractivity contribution is 7.98. The summed E-state index contributed by atoms with van der Waals surface area (Å²) in [7, 11) is 0. The quantitative estimate of drug-likeness (QED) is 0.733. The average Bonchev–Trinajstić information content (AvgIpc) is 2.61. The van der Waals surface area contributed by atoms with E-state index >= 15 is 0 Å². The third kappa shape index (κ3) is 2.26. The van der Waals surface area contributed by atoms with E-state index in [1.807, 2.05) is 12.3 Å². The number of hydrogen-bond donors (Lipinski definition) is 0. The number of carbonyl (C=O) groups excluding carboxylic acids is 1. The third-order valence-corrected chi connectivity index (χ3v) is 2.74. The number of Topliss-reactive ketones (excluding diaryl/α,β-unsaturated/α-hetero) is 1. The molecule has 1 aromatic rings. The first kappa shape index (κ1) is 10.4. The summed E-state index contributed by atoms with van der Waals surface area (Å²) in [5.74, 6) is 2.40. The average molecular weight is 224 g/mol. The summed E-state index contributed by atoms with van der Waals surface area (Å²) in [6.07, 6.45) is 2.04. The molecular formula is C11H12O3S. The maximum atomic E-state index is 11.3. The van der Waals surface area contributed by atoms with Crippen LogP contribution in [0.1, 0.15) is 10.4 Å². The van der Waals surface area contributed by atoms with Gasteiger partial charge in [-0.1, -0.05) is 0 Å². The molecule has 4 heteroatoms. The molecule has 1 heterocycles. The van der Waals surface area contributed by atoms with Gasteiger partial charge in [0, 0.05) is 11.8 Å². The fourth-order valence-corrected chi connectivity index (χ4v) is 1.66. The Balaban J connectivity index is 2.06. The maximum absolute atomic E-state index is 11.3. The van der Waals surface area contributed by atoms with Crippen LogP contribution in [0.2, 0.25) is 0 Å². The predicted octanol–water partition coefficient (Wildman–Crippen LogP) is 2.00. The van der Waals surface area contributed by atoms with Gasteiger partial charge < -0.3 is 9.47 Å². The van der Waals surface area contributed by atoms with Gasteiger partial charge in [-0.3, -0.25) is 4.79 Å². The number of rotatable bonds is 4. The molecular weight excluding hydrogens is 212 g/mol. The highest BCUT2D eigenvalue weighted by Crippen LogP contribution is 2.29. The minimum absolute atomic E-state index is 0.0423. The van der Waals surface area contributed by atoms with Gasteiger partial charge in [0.1, 0.15) is 11.5 Å². The van der Waals surface area contributed by atoms with Crippen LogP contribution < -0.4 is 9.47 Å². The van der Waals surface area contributed by atoms with Crippen LogP contribution in [-0.2, 0) is 0 Å². The van der Waals surface area contributed by atoms with Crippen LogP contribution in [0.15, 0.2) is 18.2 Å². The molecule has 0 bridgehead atoms. The van der Waals surface area contributed by atoms with Crippen molar-refractivity contribution in [2.75, 3.05) is 25.2 Å². The topological polar surface area (TPSA) is 35.5 Å². The summed E-state index contributed by atoms with van der Waals surface area (Å²) < 4.78 is 10.7. The fraction of sp³-hybridized carbons (Fsp3) is 0.364. The Morgan fingerprint density at radius 1 is 1.53 bits per heavy atom. The molecule has 0 aromatic heterocycles. The van der Waals surface area contributed by atoms with Gasteiger partial charge in [-0.2, -0.15) is 11.8 Å². The highest BCUT2D eigenvalue weighted by atomic mass is 32.2. The van der Waals surface area contributed by atoms with Crippen LogP contribution in [0.4, 0.5) is 0 Å². The summed E-state index contributed by atoms with van der Waals surface area (Å²) in [4.78, 5) is 11.3. The second kappa shape index (κ2) is 4.57. The first-order chi connectivity index (χ1) is 7.31. The smallest absolute Gasteiger partial charge is 0.203 e. The Hall–Kier alpha value is -1.16. The molecule has 0 spiro atoms. The standard InChI is InChI=1S/C11H12O3S/c1-15-5-4-13-8-2-3-9-10(12)7-14-11(9)6-8/h2-3,6H,4-5,7H2,1H3. The second-order valence-electron chi connectivity index (χ2n) is 3.21. The van der Waals surface area contributed by atoms with E-state index in [0.717, 1.165) is 11.5 Å². The molecule has 0 aliphatic carbocycles. The van der Waals surface area contributed by atoms with Crippen LogP contribution >= 0.6 is 11.8 Å².